The maximum Gasteiger partial charge on any atom is 0.316 e. The summed E-state index contributed by atoms with van der Waals surface area (Å²) in [6.45, 7) is -0.272. The molecular weight excluding hydrogens is 358 g/mol. The average molecular weight is 373 g/mol. The Morgan fingerprint density at radius 3 is 2.60 bits per heavy atom. The summed E-state index contributed by atoms with van der Waals surface area (Å²) in [6, 6.07) is 14.6. The number of oxazole rings is 1. The number of hydrogen-bond donors (Lipinski definition) is 0. The van der Waals surface area contributed by atoms with E-state index in [1.165, 1.54) is 0 Å². The lowest BCUT2D eigenvalue weighted by Gasteiger charge is -2.04. The van der Waals surface area contributed by atoms with Gasteiger partial charge in [-0.2, -0.15) is 0 Å². The third kappa shape index (κ3) is 4.64. The fourth-order valence-corrected chi connectivity index (χ4v) is 3.13. The third-order valence-corrected chi connectivity index (χ3v) is 4.91. The molecule has 0 amide bonds. The van der Waals surface area contributed by atoms with Crippen molar-refractivity contribution in [2.75, 3.05) is 18.6 Å². The van der Waals surface area contributed by atoms with E-state index in [1.807, 2.05) is 42.7 Å². The van der Waals surface area contributed by atoms with Gasteiger partial charge in [0, 0.05) is 10.5 Å². The number of carbonyl (C=O) groups is 2. The van der Waals surface area contributed by atoms with Crippen molar-refractivity contribution < 1.29 is 18.7 Å². The zero-order valence-corrected chi connectivity index (χ0v) is 15.1. The summed E-state index contributed by atoms with van der Waals surface area (Å²) < 4.78 is 10.5. The molecule has 0 aliphatic carbocycles. The molecule has 0 unspecified atom stereocenters. The van der Waals surface area contributed by atoms with Crippen molar-refractivity contribution in [1.29, 1.82) is 0 Å². The summed E-state index contributed by atoms with van der Waals surface area (Å²) in [6.07, 6.45) is 1.97. The highest BCUT2D eigenvalue weighted by Crippen LogP contribution is 2.23. The van der Waals surface area contributed by atoms with Crippen molar-refractivity contribution in [1.82, 2.24) is 4.98 Å². The van der Waals surface area contributed by atoms with Crippen LogP contribution >= 0.6 is 23.5 Å². The van der Waals surface area contributed by atoms with E-state index in [9.17, 15) is 9.59 Å². The lowest BCUT2D eigenvalue weighted by molar-refractivity contribution is -0.139. The zero-order valence-electron chi connectivity index (χ0n) is 13.4. The van der Waals surface area contributed by atoms with Gasteiger partial charge in [-0.1, -0.05) is 36.0 Å². The molecule has 1 heterocycles. The van der Waals surface area contributed by atoms with Crippen LogP contribution < -0.4 is 0 Å². The molecule has 0 radical (unpaired) electrons. The van der Waals surface area contributed by atoms with Crippen molar-refractivity contribution in [2.45, 2.75) is 10.1 Å². The number of thioether (sulfide) groups is 2. The number of nitrogens with zero attached hydrogens (tertiary/aromatic N) is 1. The molecule has 0 aliphatic heterocycles. The van der Waals surface area contributed by atoms with Gasteiger partial charge in [-0.15, -0.1) is 11.8 Å². The molecule has 3 rings (SSSR count). The zero-order chi connectivity index (χ0) is 17.6. The minimum atomic E-state index is -0.485. The lowest BCUT2D eigenvalue weighted by atomic mass is 10.1. The Kier molecular flexibility index (Phi) is 5.78. The fourth-order valence-electron chi connectivity index (χ4n) is 2.08. The van der Waals surface area contributed by atoms with Crippen molar-refractivity contribution in [3.8, 4) is 0 Å². The van der Waals surface area contributed by atoms with Gasteiger partial charge in [0.05, 0.1) is 0 Å². The van der Waals surface area contributed by atoms with E-state index in [2.05, 4.69) is 4.98 Å². The van der Waals surface area contributed by atoms with Crippen molar-refractivity contribution in [3.05, 3.63) is 54.1 Å². The number of fused-ring (bicyclic) bond motifs is 1. The van der Waals surface area contributed by atoms with Gasteiger partial charge in [0.2, 0.25) is 0 Å². The molecule has 0 saturated carbocycles. The average Bonchev–Trinajstić information content (AvgIpc) is 3.07. The standard InChI is InChI=1S/C18H15NO4S2/c1-24-13-8-6-12(7-9-13)15(20)10-22-17(21)11-25-18-19-14-4-2-3-5-16(14)23-18/h2-9H,10-11H2,1H3. The summed E-state index contributed by atoms with van der Waals surface area (Å²) in [7, 11) is 0. The SMILES string of the molecule is CSc1ccc(C(=O)COC(=O)CSc2nc3ccccc3o2)cc1. The second-order valence-corrected chi connectivity index (χ2v) is 6.85. The summed E-state index contributed by atoms with van der Waals surface area (Å²) in [5.41, 5.74) is 1.93. The van der Waals surface area contributed by atoms with E-state index in [0.29, 0.717) is 16.4 Å². The Labute approximate surface area is 153 Å². The van der Waals surface area contributed by atoms with Crippen LogP contribution in [0.15, 0.2) is 63.1 Å². The quantitative estimate of drug-likeness (QED) is 0.351. The molecule has 0 saturated heterocycles. The van der Waals surface area contributed by atoms with Gasteiger partial charge in [-0.25, -0.2) is 4.98 Å². The molecule has 1 aromatic heterocycles. The van der Waals surface area contributed by atoms with E-state index < -0.39 is 5.97 Å². The molecule has 3 aromatic rings. The first-order valence-electron chi connectivity index (χ1n) is 7.47. The van der Waals surface area contributed by atoms with Crippen molar-refractivity contribution in [2.24, 2.45) is 0 Å². The maximum atomic E-state index is 12.0. The van der Waals surface area contributed by atoms with Crippen LogP contribution in [-0.2, 0) is 9.53 Å². The number of hydrogen-bond acceptors (Lipinski definition) is 7. The number of esters is 1. The predicted octanol–water partition coefficient (Wildman–Crippen LogP) is 4.07. The van der Waals surface area contributed by atoms with Crippen LogP contribution in [0.5, 0.6) is 0 Å². The molecular formula is C18H15NO4S2. The first kappa shape index (κ1) is 17.6. The topological polar surface area (TPSA) is 69.4 Å². The van der Waals surface area contributed by atoms with Gasteiger partial charge in [0.1, 0.15) is 11.3 Å². The number of ether oxygens (including phenoxy) is 1. The highest BCUT2D eigenvalue weighted by molar-refractivity contribution is 7.99. The second kappa shape index (κ2) is 8.22. The third-order valence-electron chi connectivity index (χ3n) is 3.36. The number of ketones is 1. The van der Waals surface area contributed by atoms with E-state index >= 15 is 0 Å². The maximum absolute atomic E-state index is 12.0. The minimum absolute atomic E-state index is 0.0332. The molecule has 0 spiro atoms. The number of Topliss-reactive ketones (excluding diaryl/α,β-unsaturated/α-hetero) is 1. The molecule has 0 aliphatic rings. The number of benzene rings is 2. The highest BCUT2D eigenvalue weighted by atomic mass is 32.2. The number of aromatic nitrogens is 1. The Morgan fingerprint density at radius 1 is 1.12 bits per heavy atom. The fraction of sp³-hybridized carbons (Fsp3) is 0.167. The lowest BCUT2D eigenvalue weighted by Crippen LogP contribution is -2.15. The largest absolute Gasteiger partial charge is 0.457 e. The van der Waals surface area contributed by atoms with E-state index in [1.54, 1.807) is 23.9 Å². The van der Waals surface area contributed by atoms with Gasteiger partial charge in [0.15, 0.2) is 18.0 Å². The molecule has 25 heavy (non-hydrogen) atoms. The van der Waals surface area contributed by atoms with Crippen LogP contribution in [0.3, 0.4) is 0 Å². The Bertz CT molecular complexity index is 856. The summed E-state index contributed by atoms with van der Waals surface area (Å²) in [4.78, 5) is 29.2. The van der Waals surface area contributed by atoms with Crippen LogP contribution in [0, 0.1) is 0 Å². The van der Waals surface area contributed by atoms with Crippen molar-refractivity contribution in [3.63, 3.8) is 0 Å². The molecule has 5 nitrogen and oxygen atoms in total. The first-order valence-corrected chi connectivity index (χ1v) is 9.68. The molecule has 0 bridgehead atoms. The van der Waals surface area contributed by atoms with E-state index in [4.69, 9.17) is 9.15 Å². The second-order valence-electron chi connectivity index (χ2n) is 5.05. The highest BCUT2D eigenvalue weighted by Gasteiger charge is 2.13. The van der Waals surface area contributed by atoms with Crippen LogP contribution in [0.1, 0.15) is 10.4 Å². The molecule has 0 fully saturated rings. The molecule has 0 atom stereocenters. The van der Waals surface area contributed by atoms with Crippen LogP contribution in [0.4, 0.5) is 0 Å². The van der Waals surface area contributed by atoms with Gasteiger partial charge < -0.3 is 9.15 Å². The van der Waals surface area contributed by atoms with Crippen LogP contribution in [0.2, 0.25) is 0 Å². The normalized spacial score (nSPS) is 10.8. The van der Waals surface area contributed by atoms with Crippen molar-refractivity contribution >= 4 is 46.4 Å². The number of carbonyl (C=O) groups excluding carboxylic acids is 2. The van der Waals surface area contributed by atoms with Gasteiger partial charge >= 0.3 is 5.97 Å². The first-order chi connectivity index (χ1) is 12.2. The minimum Gasteiger partial charge on any atom is -0.457 e. The summed E-state index contributed by atoms with van der Waals surface area (Å²) in [5, 5.41) is 0.400. The smallest absolute Gasteiger partial charge is 0.316 e. The monoisotopic (exact) mass is 373 g/mol. The summed E-state index contributed by atoms with van der Waals surface area (Å²) >= 11 is 2.74. The van der Waals surface area contributed by atoms with Gasteiger partial charge in [0.25, 0.3) is 5.22 Å². The Balaban J connectivity index is 1.47. The van der Waals surface area contributed by atoms with Gasteiger partial charge in [-0.05, 0) is 30.5 Å². The van der Waals surface area contributed by atoms with E-state index in [-0.39, 0.29) is 18.1 Å². The Morgan fingerprint density at radius 2 is 1.88 bits per heavy atom. The number of rotatable bonds is 7. The van der Waals surface area contributed by atoms with E-state index in [0.717, 1.165) is 22.2 Å². The number of para-hydroxylation sites is 2. The predicted molar refractivity (Wildman–Crippen MR) is 98.2 cm³/mol. The molecule has 7 heteroatoms. The Hall–Kier alpha value is -2.25. The molecule has 0 N–H and O–H groups in total. The molecule has 2 aromatic carbocycles. The van der Waals surface area contributed by atoms with Gasteiger partial charge in [-0.3, -0.25) is 9.59 Å². The molecule has 128 valence electrons. The summed E-state index contributed by atoms with van der Waals surface area (Å²) in [5.74, 6) is -0.680. The van der Waals surface area contributed by atoms with Crippen LogP contribution in [0.25, 0.3) is 11.1 Å². The van der Waals surface area contributed by atoms with Crippen LogP contribution in [-0.4, -0.2) is 35.4 Å².